The number of thioether (sulfide) groups is 1. The van der Waals surface area contributed by atoms with Crippen LogP contribution in [0.15, 0.2) is 72.0 Å². The van der Waals surface area contributed by atoms with Gasteiger partial charge in [-0.05, 0) is 30.3 Å². The predicted octanol–water partition coefficient (Wildman–Crippen LogP) is 5.13. The SMILES string of the molecule is O=C(CSc1nc2ncc(Cl)cc2[nH]1)Nc1ccccc1Oc1ccccc1. The highest BCUT2D eigenvalue weighted by Gasteiger charge is 2.11. The molecule has 140 valence electrons. The monoisotopic (exact) mass is 410 g/mol. The summed E-state index contributed by atoms with van der Waals surface area (Å²) in [4.78, 5) is 24.0. The Kier molecular flexibility index (Phi) is 5.45. The van der Waals surface area contributed by atoms with Crippen LogP contribution in [0.3, 0.4) is 0 Å². The van der Waals surface area contributed by atoms with E-state index in [0.29, 0.717) is 33.0 Å². The summed E-state index contributed by atoms with van der Waals surface area (Å²) in [6.07, 6.45) is 1.54. The van der Waals surface area contributed by atoms with Crippen molar-refractivity contribution in [1.82, 2.24) is 15.0 Å². The number of aromatic amines is 1. The number of H-pyrrole nitrogens is 1. The number of anilines is 1. The second-order valence-electron chi connectivity index (χ2n) is 5.81. The minimum Gasteiger partial charge on any atom is -0.455 e. The molecule has 2 N–H and O–H groups in total. The Bertz CT molecular complexity index is 1120. The Hall–Kier alpha value is -3.03. The van der Waals surface area contributed by atoms with Gasteiger partial charge in [0.1, 0.15) is 5.75 Å². The third kappa shape index (κ3) is 4.44. The number of benzene rings is 2. The fourth-order valence-electron chi connectivity index (χ4n) is 2.52. The van der Waals surface area contributed by atoms with Crippen LogP contribution in [0.25, 0.3) is 11.2 Å². The fraction of sp³-hybridized carbons (Fsp3) is 0.0500. The largest absolute Gasteiger partial charge is 0.455 e. The first-order valence-electron chi connectivity index (χ1n) is 8.43. The zero-order valence-corrected chi connectivity index (χ0v) is 16.1. The van der Waals surface area contributed by atoms with Gasteiger partial charge in [-0.1, -0.05) is 53.7 Å². The maximum absolute atomic E-state index is 12.4. The lowest BCUT2D eigenvalue weighted by atomic mass is 10.3. The minimum absolute atomic E-state index is 0.166. The van der Waals surface area contributed by atoms with E-state index in [-0.39, 0.29) is 11.7 Å². The van der Waals surface area contributed by atoms with Crippen LogP contribution in [0.4, 0.5) is 5.69 Å². The number of imidazole rings is 1. The molecule has 0 saturated heterocycles. The van der Waals surface area contributed by atoms with E-state index < -0.39 is 0 Å². The first-order valence-corrected chi connectivity index (χ1v) is 9.79. The van der Waals surface area contributed by atoms with E-state index in [1.54, 1.807) is 12.1 Å². The summed E-state index contributed by atoms with van der Waals surface area (Å²) in [5.41, 5.74) is 1.90. The van der Waals surface area contributed by atoms with E-state index in [9.17, 15) is 4.79 Å². The number of ether oxygens (including phenoxy) is 1. The number of hydrogen-bond acceptors (Lipinski definition) is 5. The van der Waals surface area contributed by atoms with Gasteiger partial charge in [0, 0.05) is 6.20 Å². The summed E-state index contributed by atoms with van der Waals surface area (Å²) >= 11 is 7.21. The Morgan fingerprint density at radius 3 is 2.79 bits per heavy atom. The molecule has 2 aromatic carbocycles. The molecule has 0 spiro atoms. The number of pyridine rings is 1. The van der Waals surface area contributed by atoms with Gasteiger partial charge in [-0.3, -0.25) is 4.79 Å². The number of amides is 1. The lowest BCUT2D eigenvalue weighted by molar-refractivity contribution is -0.113. The number of nitrogens with zero attached hydrogens (tertiary/aromatic N) is 2. The van der Waals surface area contributed by atoms with E-state index in [1.165, 1.54) is 18.0 Å². The first-order chi connectivity index (χ1) is 13.7. The first kappa shape index (κ1) is 18.3. The zero-order valence-electron chi connectivity index (χ0n) is 14.6. The number of hydrogen-bond donors (Lipinski definition) is 2. The molecule has 28 heavy (non-hydrogen) atoms. The van der Waals surface area contributed by atoms with Crippen molar-refractivity contribution in [1.29, 1.82) is 0 Å². The van der Waals surface area contributed by atoms with Gasteiger partial charge in [0.15, 0.2) is 16.6 Å². The Balaban J connectivity index is 1.41. The molecule has 4 rings (SSSR count). The van der Waals surface area contributed by atoms with Crippen LogP contribution in [-0.4, -0.2) is 26.6 Å². The number of rotatable bonds is 6. The number of para-hydroxylation sites is 3. The van der Waals surface area contributed by atoms with E-state index in [0.717, 1.165) is 5.52 Å². The normalized spacial score (nSPS) is 10.8. The molecule has 0 aliphatic carbocycles. The number of halogens is 1. The van der Waals surface area contributed by atoms with E-state index in [2.05, 4.69) is 20.3 Å². The zero-order chi connectivity index (χ0) is 19.3. The van der Waals surface area contributed by atoms with E-state index in [4.69, 9.17) is 16.3 Å². The van der Waals surface area contributed by atoms with Crippen LogP contribution in [0, 0.1) is 0 Å². The van der Waals surface area contributed by atoms with Crippen molar-refractivity contribution >= 4 is 46.1 Å². The van der Waals surface area contributed by atoms with Crippen LogP contribution in [-0.2, 0) is 4.79 Å². The molecular weight excluding hydrogens is 396 g/mol. The van der Waals surface area contributed by atoms with Crippen LogP contribution >= 0.6 is 23.4 Å². The summed E-state index contributed by atoms with van der Waals surface area (Å²) in [6, 6.07) is 18.5. The van der Waals surface area contributed by atoms with Crippen molar-refractivity contribution in [2.75, 3.05) is 11.1 Å². The maximum Gasteiger partial charge on any atom is 0.234 e. The van der Waals surface area contributed by atoms with Crippen LogP contribution in [0.5, 0.6) is 11.5 Å². The van der Waals surface area contributed by atoms with Crippen molar-refractivity contribution in [3.8, 4) is 11.5 Å². The molecule has 0 saturated carbocycles. The van der Waals surface area contributed by atoms with Crippen LogP contribution in [0.2, 0.25) is 5.02 Å². The fourth-order valence-corrected chi connectivity index (χ4v) is 3.35. The van der Waals surface area contributed by atoms with Gasteiger partial charge in [0.25, 0.3) is 0 Å². The van der Waals surface area contributed by atoms with Crippen LogP contribution in [0.1, 0.15) is 0 Å². The van der Waals surface area contributed by atoms with Crippen LogP contribution < -0.4 is 10.1 Å². The summed E-state index contributed by atoms with van der Waals surface area (Å²) in [6.45, 7) is 0. The molecule has 0 atom stereocenters. The van der Waals surface area contributed by atoms with Crippen molar-refractivity contribution in [3.05, 3.63) is 71.9 Å². The molecule has 2 heterocycles. The second-order valence-corrected chi connectivity index (χ2v) is 7.22. The van der Waals surface area contributed by atoms with Crippen molar-refractivity contribution in [2.45, 2.75) is 5.16 Å². The molecular formula is C20H15ClN4O2S. The second kappa shape index (κ2) is 8.33. The molecule has 2 aromatic heterocycles. The standard InChI is InChI=1S/C20H15ClN4O2S/c21-13-10-16-19(22-11-13)25-20(24-16)28-12-18(26)23-15-8-4-5-9-17(15)27-14-6-2-1-3-7-14/h1-11H,12H2,(H,23,26)(H,22,24,25). The topological polar surface area (TPSA) is 79.9 Å². The third-order valence-electron chi connectivity index (χ3n) is 3.75. The molecule has 4 aromatic rings. The minimum atomic E-state index is -0.166. The average Bonchev–Trinajstić information content (AvgIpc) is 3.11. The number of aromatic nitrogens is 3. The summed E-state index contributed by atoms with van der Waals surface area (Å²) < 4.78 is 5.86. The number of nitrogens with one attached hydrogen (secondary N) is 2. The average molecular weight is 411 g/mol. The highest BCUT2D eigenvalue weighted by Crippen LogP contribution is 2.29. The number of carbonyl (C=O) groups is 1. The molecule has 0 aliphatic heterocycles. The Morgan fingerprint density at radius 1 is 1.14 bits per heavy atom. The van der Waals surface area contributed by atoms with E-state index >= 15 is 0 Å². The molecule has 0 fully saturated rings. The van der Waals surface area contributed by atoms with Crippen molar-refractivity contribution in [3.63, 3.8) is 0 Å². The Labute approximate surface area is 170 Å². The highest BCUT2D eigenvalue weighted by atomic mass is 35.5. The summed E-state index contributed by atoms with van der Waals surface area (Å²) in [5.74, 6) is 1.30. The molecule has 0 aliphatic rings. The van der Waals surface area contributed by atoms with E-state index in [1.807, 2.05) is 48.5 Å². The summed E-state index contributed by atoms with van der Waals surface area (Å²) in [5, 5.41) is 4.01. The van der Waals surface area contributed by atoms with Crippen molar-refractivity contribution in [2.24, 2.45) is 0 Å². The Morgan fingerprint density at radius 2 is 1.93 bits per heavy atom. The summed E-state index contributed by atoms with van der Waals surface area (Å²) in [7, 11) is 0. The number of carbonyl (C=O) groups excluding carboxylic acids is 1. The third-order valence-corrected chi connectivity index (χ3v) is 4.83. The van der Waals surface area contributed by atoms with Gasteiger partial charge < -0.3 is 15.0 Å². The lowest BCUT2D eigenvalue weighted by Gasteiger charge is -2.11. The van der Waals surface area contributed by atoms with Crippen molar-refractivity contribution < 1.29 is 9.53 Å². The predicted molar refractivity (Wildman–Crippen MR) is 111 cm³/mol. The van der Waals surface area contributed by atoms with Gasteiger partial charge in [-0.25, -0.2) is 9.97 Å². The maximum atomic E-state index is 12.4. The quantitative estimate of drug-likeness (QED) is 0.430. The molecule has 8 heteroatoms. The molecule has 0 unspecified atom stereocenters. The molecule has 6 nitrogen and oxygen atoms in total. The van der Waals surface area contributed by atoms with Gasteiger partial charge in [0.05, 0.1) is 22.0 Å². The smallest absolute Gasteiger partial charge is 0.234 e. The number of fused-ring (bicyclic) bond motifs is 1. The molecule has 1 amide bonds. The lowest BCUT2D eigenvalue weighted by Crippen LogP contribution is -2.14. The van der Waals surface area contributed by atoms with Gasteiger partial charge in [-0.2, -0.15) is 0 Å². The van der Waals surface area contributed by atoms with Gasteiger partial charge in [-0.15, -0.1) is 0 Å². The molecule has 0 bridgehead atoms. The van der Waals surface area contributed by atoms with Gasteiger partial charge in [0.2, 0.25) is 5.91 Å². The molecule has 0 radical (unpaired) electrons. The van der Waals surface area contributed by atoms with Gasteiger partial charge >= 0.3 is 0 Å². The highest BCUT2D eigenvalue weighted by molar-refractivity contribution is 7.99.